The molecule has 0 aliphatic rings. The zero-order valence-corrected chi connectivity index (χ0v) is 17.0. The van der Waals surface area contributed by atoms with Crippen LogP contribution in [0, 0.1) is 0 Å². The Morgan fingerprint density at radius 1 is 1.00 bits per heavy atom. The molecule has 0 amide bonds. The third kappa shape index (κ3) is 4.49. The second kappa shape index (κ2) is 8.13. The number of rotatable bonds is 6. The van der Waals surface area contributed by atoms with Gasteiger partial charge in [0.2, 0.25) is 0 Å². The minimum Gasteiger partial charge on any atom is -0.403 e. The lowest BCUT2D eigenvalue weighted by Gasteiger charge is -2.43. The third-order valence-electron chi connectivity index (χ3n) is 4.46. The van der Waals surface area contributed by atoms with Gasteiger partial charge < -0.3 is 9.53 Å². The molecule has 2 aromatic rings. The van der Waals surface area contributed by atoms with Crippen molar-refractivity contribution in [2.75, 3.05) is 6.61 Å². The molecule has 0 heterocycles. The first kappa shape index (κ1) is 19.6. The lowest BCUT2D eigenvalue weighted by Crippen LogP contribution is -2.66. The molecule has 0 radical (unpaired) electrons. The fourth-order valence-corrected chi connectivity index (χ4v) is 8.04. The van der Waals surface area contributed by atoms with Crippen molar-refractivity contribution in [3.05, 3.63) is 72.3 Å². The minimum atomic E-state index is -2.49. The molecule has 1 atom stereocenters. The normalized spacial score (nSPS) is 14.4. The number of benzene rings is 2. The second-order valence-corrected chi connectivity index (χ2v) is 12.0. The summed E-state index contributed by atoms with van der Waals surface area (Å²) in [5.41, 5.74) is 1.06. The molecule has 0 spiro atoms. The van der Waals surface area contributed by atoms with E-state index in [2.05, 4.69) is 81.4 Å². The topological polar surface area (TPSA) is 29.5 Å². The highest BCUT2D eigenvalue weighted by molar-refractivity contribution is 6.99. The van der Waals surface area contributed by atoms with E-state index in [-0.39, 0.29) is 5.04 Å². The van der Waals surface area contributed by atoms with Gasteiger partial charge in [0, 0.05) is 0 Å². The van der Waals surface area contributed by atoms with E-state index < -0.39 is 14.4 Å². The van der Waals surface area contributed by atoms with Crippen molar-refractivity contribution in [1.82, 2.24) is 0 Å². The summed E-state index contributed by atoms with van der Waals surface area (Å²) in [7, 11) is -2.49. The number of aliphatic hydroxyl groups excluding tert-OH is 1. The van der Waals surface area contributed by atoms with E-state index in [9.17, 15) is 5.11 Å². The molecule has 0 saturated heterocycles. The van der Waals surface area contributed by atoms with Gasteiger partial charge in [0.05, 0.1) is 12.7 Å². The fraction of sp³-hybridized carbons (Fsp3) is 0.364. The van der Waals surface area contributed by atoms with Crippen LogP contribution in [-0.2, 0) is 4.43 Å². The average Bonchev–Trinajstić information content (AvgIpc) is 2.55. The molecule has 2 nitrogen and oxygen atoms in total. The highest BCUT2D eigenvalue weighted by Gasteiger charge is 2.50. The summed E-state index contributed by atoms with van der Waals surface area (Å²) in [6.45, 7) is 11.1. The largest absolute Gasteiger partial charge is 0.403 e. The van der Waals surface area contributed by atoms with E-state index in [1.54, 1.807) is 6.92 Å². The summed E-state index contributed by atoms with van der Waals surface area (Å²) >= 11 is 0. The molecular weight excluding hydrogens is 324 g/mol. The first-order chi connectivity index (χ1) is 11.8. The van der Waals surface area contributed by atoms with E-state index >= 15 is 0 Å². The van der Waals surface area contributed by atoms with Crippen LogP contribution in [0.25, 0.3) is 0 Å². The van der Waals surface area contributed by atoms with Gasteiger partial charge >= 0.3 is 0 Å². The highest BCUT2D eigenvalue weighted by atomic mass is 28.4. The van der Waals surface area contributed by atoms with Gasteiger partial charge in [-0.05, 0) is 29.3 Å². The summed E-state index contributed by atoms with van der Waals surface area (Å²) in [5.74, 6) is 0. The van der Waals surface area contributed by atoms with Crippen molar-refractivity contribution >= 4 is 18.7 Å². The lowest BCUT2D eigenvalue weighted by molar-refractivity contribution is 0.240. The molecule has 0 aliphatic carbocycles. The Labute approximate surface area is 153 Å². The Bertz CT molecular complexity index is 645. The number of hydrogen-bond donors (Lipinski definition) is 1. The summed E-state index contributed by atoms with van der Waals surface area (Å²) in [6.07, 6.45) is 1.40. The molecule has 0 unspecified atom stereocenters. The monoisotopic (exact) mass is 354 g/mol. The maximum atomic E-state index is 9.63. The van der Waals surface area contributed by atoms with Crippen LogP contribution in [-0.4, -0.2) is 26.1 Å². The van der Waals surface area contributed by atoms with Crippen molar-refractivity contribution in [3.8, 4) is 0 Å². The molecule has 0 aliphatic heterocycles. The SMILES string of the molecule is C/C(=C/[C@@H](C)O)CO[Si](c1ccccc1)(c1ccccc1)C(C)(C)C. The summed E-state index contributed by atoms with van der Waals surface area (Å²) < 4.78 is 6.79. The van der Waals surface area contributed by atoms with Crippen LogP contribution >= 0.6 is 0 Å². The Morgan fingerprint density at radius 3 is 1.80 bits per heavy atom. The molecular formula is C22H30O2Si. The van der Waals surface area contributed by atoms with Crippen molar-refractivity contribution in [1.29, 1.82) is 0 Å². The van der Waals surface area contributed by atoms with Gasteiger partial charge in [0.25, 0.3) is 8.32 Å². The lowest BCUT2D eigenvalue weighted by atomic mass is 10.2. The Kier molecular flexibility index (Phi) is 6.39. The Hall–Kier alpha value is -1.68. The number of hydrogen-bond acceptors (Lipinski definition) is 2. The van der Waals surface area contributed by atoms with Crippen LogP contribution in [0.15, 0.2) is 72.3 Å². The minimum absolute atomic E-state index is 0.0270. The van der Waals surface area contributed by atoms with Gasteiger partial charge in [-0.25, -0.2) is 0 Å². The van der Waals surface area contributed by atoms with E-state index in [0.29, 0.717) is 6.61 Å². The molecule has 2 aromatic carbocycles. The zero-order valence-electron chi connectivity index (χ0n) is 16.0. The molecule has 0 aromatic heterocycles. The predicted molar refractivity (Wildman–Crippen MR) is 109 cm³/mol. The third-order valence-corrected chi connectivity index (χ3v) is 9.44. The van der Waals surface area contributed by atoms with Gasteiger partial charge in [-0.2, -0.15) is 0 Å². The fourth-order valence-electron chi connectivity index (χ4n) is 3.44. The Balaban J connectivity index is 2.57. The first-order valence-electron chi connectivity index (χ1n) is 8.88. The molecule has 134 valence electrons. The van der Waals surface area contributed by atoms with Crippen LogP contribution in [0.3, 0.4) is 0 Å². The predicted octanol–water partition coefficient (Wildman–Crippen LogP) is 3.89. The molecule has 3 heteroatoms. The molecule has 2 rings (SSSR count). The van der Waals surface area contributed by atoms with Gasteiger partial charge in [0.15, 0.2) is 0 Å². The Morgan fingerprint density at radius 2 is 1.44 bits per heavy atom. The maximum Gasteiger partial charge on any atom is 0.261 e. The molecule has 25 heavy (non-hydrogen) atoms. The molecule has 1 N–H and O–H groups in total. The van der Waals surface area contributed by atoms with E-state index in [1.807, 2.05) is 13.0 Å². The van der Waals surface area contributed by atoms with Crippen LogP contribution < -0.4 is 10.4 Å². The van der Waals surface area contributed by atoms with Crippen molar-refractivity contribution in [3.63, 3.8) is 0 Å². The van der Waals surface area contributed by atoms with E-state index in [4.69, 9.17) is 4.43 Å². The van der Waals surface area contributed by atoms with Crippen molar-refractivity contribution in [2.24, 2.45) is 0 Å². The van der Waals surface area contributed by atoms with Crippen molar-refractivity contribution < 1.29 is 9.53 Å². The maximum absolute atomic E-state index is 9.63. The summed E-state index contributed by atoms with van der Waals surface area (Å²) in [5, 5.41) is 12.2. The van der Waals surface area contributed by atoms with Gasteiger partial charge in [-0.3, -0.25) is 0 Å². The van der Waals surface area contributed by atoms with Gasteiger partial charge in [0.1, 0.15) is 0 Å². The second-order valence-electron chi connectivity index (χ2n) is 7.71. The molecule has 0 saturated carbocycles. The van der Waals surface area contributed by atoms with E-state index in [0.717, 1.165) is 5.57 Å². The standard InChI is InChI=1S/C22H30O2Si/c1-18(16-19(2)23)17-24-25(22(3,4)5,20-12-8-6-9-13-20)21-14-10-7-11-15-21/h6-16,19,23H,17H2,1-5H3/b18-16-/t19-/m1/s1. The van der Waals surface area contributed by atoms with Gasteiger partial charge in [-0.1, -0.05) is 93.1 Å². The zero-order chi connectivity index (χ0) is 18.5. The van der Waals surface area contributed by atoms with Gasteiger partial charge in [-0.15, -0.1) is 0 Å². The van der Waals surface area contributed by atoms with Crippen LogP contribution in [0.2, 0.25) is 5.04 Å². The average molecular weight is 355 g/mol. The summed E-state index contributed by atoms with van der Waals surface area (Å²) in [6, 6.07) is 21.2. The highest BCUT2D eigenvalue weighted by Crippen LogP contribution is 2.36. The number of aliphatic hydroxyl groups is 1. The van der Waals surface area contributed by atoms with Crippen LogP contribution in [0.1, 0.15) is 34.6 Å². The quantitative estimate of drug-likeness (QED) is 0.630. The molecule has 0 bridgehead atoms. The smallest absolute Gasteiger partial charge is 0.261 e. The van der Waals surface area contributed by atoms with Crippen LogP contribution in [0.4, 0.5) is 0 Å². The van der Waals surface area contributed by atoms with Crippen LogP contribution in [0.5, 0.6) is 0 Å². The first-order valence-corrected chi connectivity index (χ1v) is 10.8. The summed E-state index contributed by atoms with van der Waals surface area (Å²) in [4.78, 5) is 0. The van der Waals surface area contributed by atoms with Crippen molar-refractivity contribution in [2.45, 2.75) is 45.8 Å². The molecule has 0 fully saturated rings. The van der Waals surface area contributed by atoms with E-state index in [1.165, 1.54) is 10.4 Å².